The Balaban J connectivity index is 2.89. The molecule has 0 aliphatic carbocycles. The van der Waals surface area contributed by atoms with Crippen molar-refractivity contribution in [2.24, 2.45) is 0 Å². The molecule has 102 valence electrons. The lowest BCUT2D eigenvalue weighted by Crippen LogP contribution is -2.38. The van der Waals surface area contributed by atoms with Crippen molar-refractivity contribution in [1.29, 1.82) is 0 Å². The van der Waals surface area contributed by atoms with Crippen LogP contribution in [0.5, 0.6) is 0 Å². The normalized spacial score (nSPS) is 14.6. The molecular weight excluding hydrogens is 279 g/mol. The molecule has 0 spiro atoms. The van der Waals surface area contributed by atoms with Crippen molar-refractivity contribution >= 4 is 11.6 Å². The molecule has 0 aliphatic heterocycles. The minimum atomic E-state index is -5.59. The molecule has 1 unspecified atom stereocenters. The summed E-state index contributed by atoms with van der Waals surface area (Å²) in [5.74, 6) is -4.80. The van der Waals surface area contributed by atoms with Crippen molar-refractivity contribution in [3.8, 4) is 0 Å². The third kappa shape index (κ3) is 3.55. The number of methoxy groups -OCH3 is 1. The molecule has 0 saturated heterocycles. The Morgan fingerprint density at radius 3 is 2.00 bits per heavy atom. The topological polar surface area (TPSA) is 9.23 Å². The van der Waals surface area contributed by atoms with E-state index in [1.807, 2.05) is 0 Å². The summed E-state index contributed by atoms with van der Waals surface area (Å²) in [6.45, 7) is 0. The highest BCUT2D eigenvalue weighted by molar-refractivity contribution is 6.30. The first kappa shape index (κ1) is 15.2. The molecule has 0 aliphatic rings. The number of rotatable bonds is 4. The maximum Gasteiger partial charge on any atom is 0.453 e. The molecule has 0 aromatic heterocycles. The van der Waals surface area contributed by atoms with E-state index in [0.29, 0.717) is 5.02 Å². The SMILES string of the molecule is COC(CC(F)(F)C(F)(F)F)c1ccc(Cl)cc1. The van der Waals surface area contributed by atoms with E-state index in [9.17, 15) is 22.0 Å². The van der Waals surface area contributed by atoms with Gasteiger partial charge >= 0.3 is 12.1 Å². The Hall–Kier alpha value is -0.880. The molecular formula is C11H10ClF5O. The van der Waals surface area contributed by atoms with E-state index in [0.717, 1.165) is 7.11 Å². The van der Waals surface area contributed by atoms with Crippen LogP contribution in [0.15, 0.2) is 24.3 Å². The number of benzene rings is 1. The Kier molecular flexibility index (Phi) is 4.55. The van der Waals surface area contributed by atoms with Gasteiger partial charge in [-0.25, -0.2) is 0 Å². The van der Waals surface area contributed by atoms with Gasteiger partial charge < -0.3 is 4.74 Å². The lowest BCUT2D eigenvalue weighted by atomic mass is 10.0. The van der Waals surface area contributed by atoms with Gasteiger partial charge in [-0.15, -0.1) is 0 Å². The van der Waals surface area contributed by atoms with Crippen LogP contribution in [-0.2, 0) is 4.74 Å². The molecule has 1 rings (SSSR count). The molecule has 1 atom stereocenters. The third-order valence-corrected chi connectivity index (χ3v) is 2.63. The van der Waals surface area contributed by atoms with Crippen LogP contribution in [0.2, 0.25) is 5.02 Å². The summed E-state index contributed by atoms with van der Waals surface area (Å²) in [5.41, 5.74) is 0.214. The Morgan fingerprint density at radius 2 is 1.61 bits per heavy atom. The fraction of sp³-hybridized carbons (Fsp3) is 0.455. The van der Waals surface area contributed by atoms with Crippen LogP contribution < -0.4 is 0 Å². The quantitative estimate of drug-likeness (QED) is 0.735. The van der Waals surface area contributed by atoms with Crippen LogP contribution in [0.25, 0.3) is 0 Å². The van der Waals surface area contributed by atoms with E-state index < -0.39 is 24.6 Å². The van der Waals surface area contributed by atoms with Crippen molar-refractivity contribution < 1.29 is 26.7 Å². The Morgan fingerprint density at radius 1 is 1.11 bits per heavy atom. The van der Waals surface area contributed by atoms with Crippen molar-refractivity contribution in [1.82, 2.24) is 0 Å². The Bertz CT molecular complexity index is 387. The van der Waals surface area contributed by atoms with Gasteiger partial charge in [0.1, 0.15) is 0 Å². The van der Waals surface area contributed by atoms with Gasteiger partial charge in [0, 0.05) is 12.1 Å². The molecule has 1 aromatic carbocycles. The summed E-state index contributed by atoms with van der Waals surface area (Å²) < 4.78 is 66.7. The van der Waals surface area contributed by atoms with E-state index in [1.54, 1.807) is 0 Å². The van der Waals surface area contributed by atoms with Gasteiger partial charge in [-0.3, -0.25) is 0 Å². The van der Waals surface area contributed by atoms with Crippen molar-refractivity contribution in [3.05, 3.63) is 34.9 Å². The number of hydrogen-bond acceptors (Lipinski definition) is 1. The van der Waals surface area contributed by atoms with E-state index in [4.69, 9.17) is 11.6 Å². The molecule has 0 bridgehead atoms. The highest BCUT2D eigenvalue weighted by Crippen LogP contribution is 2.42. The summed E-state index contributed by atoms with van der Waals surface area (Å²) in [6.07, 6.45) is -8.40. The first-order valence-electron chi connectivity index (χ1n) is 4.90. The molecule has 18 heavy (non-hydrogen) atoms. The largest absolute Gasteiger partial charge is 0.453 e. The molecule has 0 saturated carbocycles. The summed E-state index contributed by atoms with van der Waals surface area (Å²) in [7, 11) is 1.08. The molecule has 0 N–H and O–H groups in total. The summed E-state index contributed by atoms with van der Waals surface area (Å²) in [5, 5.41) is 0.358. The van der Waals surface area contributed by atoms with E-state index in [2.05, 4.69) is 4.74 Å². The summed E-state index contributed by atoms with van der Waals surface area (Å²) >= 11 is 5.60. The zero-order chi connectivity index (χ0) is 14.0. The van der Waals surface area contributed by atoms with Gasteiger partial charge in [0.15, 0.2) is 0 Å². The van der Waals surface area contributed by atoms with Gasteiger partial charge in [0.05, 0.1) is 12.5 Å². The van der Waals surface area contributed by atoms with Crippen LogP contribution in [-0.4, -0.2) is 19.2 Å². The van der Waals surface area contributed by atoms with Crippen LogP contribution >= 0.6 is 11.6 Å². The van der Waals surface area contributed by atoms with E-state index in [1.165, 1.54) is 24.3 Å². The van der Waals surface area contributed by atoms with Gasteiger partial charge in [0.2, 0.25) is 0 Å². The monoisotopic (exact) mass is 288 g/mol. The van der Waals surface area contributed by atoms with Gasteiger partial charge in [-0.1, -0.05) is 23.7 Å². The fourth-order valence-corrected chi connectivity index (χ4v) is 1.49. The fourth-order valence-electron chi connectivity index (χ4n) is 1.36. The minimum Gasteiger partial charge on any atom is -0.377 e. The lowest BCUT2D eigenvalue weighted by molar-refractivity contribution is -0.291. The average molecular weight is 289 g/mol. The maximum atomic E-state index is 12.9. The second kappa shape index (κ2) is 5.40. The first-order chi connectivity index (χ1) is 8.17. The van der Waals surface area contributed by atoms with Gasteiger partial charge in [-0.2, -0.15) is 22.0 Å². The van der Waals surface area contributed by atoms with Crippen LogP contribution in [0, 0.1) is 0 Å². The highest BCUT2D eigenvalue weighted by Gasteiger charge is 2.58. The lowest BCUT2D eigenvalue weighted by Gasteiger charge is -2.24. The zero-order valence-corrected chi connectivity index (χ0v) is 10.0. The molecule has 0 fully saturated rings. The third-order valence-electron chi connectivity index (χ3n) is 2.38. The second-order valence-corrected chi connectivity index (χ2v) is 4.12. The molecule has 7 heteroatoms. The Labute approximate surface area is 106 Å². The van der Waals surface area contributed by atoms with Crippen molar-refractivity contribution in [3.63, 3.8) is 0 Å². The zero-order valence-electron chi connectivity index (χ0n) is 9.27. The average Bonchev–Trinajstić information content (AvgIpc) is 2.25. The van der Waals surface area contributed by atoms with Crippen molar-refractivity contribution in [2.75, 3.05) is 7.11 Å². The van der Waals surface area contributed by atoms with E-state index in [-0.39, 0.29) is 5.56 Å². The number of halogens is 6. The van der Waals surface area contributed by atoms with E-state index >= 15 is 0 Å². The molecule has 1 nitrogen and oxygen atoms in total. The van der Waals surface area contributed by atoms with Crippen LogP contribution in [0.4, 0.5) is 22.0 Å². The minimum absolute atomic E-state index is 0.214. The maximum absolute atomic E-state index is 12.9. The van der Waals surface area contributed by atoms with Crippen LogP contribution in [0.3, 0.4) is 0 Å². The van der Waals surface area contributed by atoms with Gasteiger partial charge in [-0.05, 0) is 17.7 Å². The molecule has 0 radical (unpaired) electrons. The first-order valence-corrected chi connectivity index (χ1v) is 5.28. The number of alkyl halides is 5. The highest BCUT2D eigenvalue weighted by atomic mass is 35.5. The predicted molar refractivity (Wildman–Crippen MR) is 56.8 cm³/mol. The standard InChI is InChI=1S/C11H10ClF5O/c1-18-9(6-10(13,14)11(15,16)17)7-2-4-8(12)5-3-7/h2-5,9H,6H2,1H3. The summed E-state index contributed by atoms with van der Waals surface area (Å²) in [6, 6.07) is 5.50. The smallest absolute Gasteiger partial charge is 0.377 e. The van der Waals surface area contributed by atoms with Gasteiger partial charge in [0.25, 0.3) is 0 Å². The van der Waals surface area contributed by atoms with Crippen LogP contribution in [0.1, 0.15) is 18.1 Å². The molecule has 0 amide bonds. The van der Waals surface area contributed by atoms with Crippen molar-refractivity contribution in [2.45, 2.75) is 24.6 Å². The second-order valence-electron chi connectivity index (χ2n) is 3.68. The molecule has 0 heterocycles. The molecule has 1 aromatic rings. The number of hydrogen-bond donors (Lipinski definition) is 0. The predicted octanol–water partition coefficient (Wildman–Crippen LogP) is 4.62. The number of ether oxygens (including phenoxy) is 1. The summed E-state index contributed by atoms with van der Waals surface area (Å²) in [4.78, 5) is 0.